The van der Waals surface area contributed by atoms with E-state index in [1.54, 1.807) is 11.3 Å². The Hall–Kier alpha value is -3.08. The first-order valence-electron chi connectivity index (χ1n) is 8.60. The van der Waals surface area contributed by atoms with E-state index in [0.29, 0.717) is 5.13 Å². The number of para-hydroxylation sites is 1. The van der Waals surface area contributed by atoms with Gasteiger partial charge in [0.2, 0.25) is 0 Å². The van der Waals surface area contributed by atoms with Crippen LogP contribution in [0.1, 0.15) is 10.4 Å². The topological polar surface area (TPSA) is 88.2 Å². The highest BCUT2D eigenvalue weighted by atomic mass is 32.2. The Morgan fingerprint density at radius 2 is 1.73 bits per heavy atom. The van der Waals surface area contributed by atoms with Gasteiger partial charge >= 0.3 is 0 Å². The molecule has 0 aliphatic carbocycles. The van der Waals surface area contributed by atoms with Gasteiger partial charge in [-0.1, -0.05) is 18.2 Å². The third-order valence-corrected chi connectivity index (χ3v) is 7.07. The third-order valence-electron chi connectivity index (χ3n) is 4.04. The number of carbonyl (C=O) groups is 1. The van der Waals surface area contributed by atoms with Crippen LogP contribution in [0.3, 0.4) is 0 Å². The summed E-state index contributed by atoms with van der Waals surface area (Å²) >= 11 is 2.86. The van der Waals surface area contributed by atoms with E-state index in [-0.39, 0.29) is 16.1 Å². The number of sulfonamides is 1. The van der Waals surface area contributed by atoms with Gasteiger partial charge in [0, 0.05) is 10.9 Å². The maximum absolute atomic E-state index is 13.7. The average molecular weight is 460 g/mol. The number of hydrogen-bond donors (Lipinski definition) is 2. The van der Waals surface area contributed by atoms with Crippen molar-refractivity contribution in [2.75, 3.05) is 10.0 Å². The van der Waals surface area contributed by atoms with E-state index >= 15 is 0 Å². The van der Waals surface area contributed by atoms with E-state index in [1.165, 1.54) is 53.8 Å². The van der Waals surface area contributed by atoms with Gasteiger partial charge in [0.1, 0.15) is 5.82 Å². The molecule has 0 spiro atoms. The second-order valence-electron chi connectivity index (χ2n) is 6.08. The van der Waals surface area contributed by atoms with Crippen LogP contribution in [0.15, 0.2) is 76.3 Å². The molecule has 2 aromatic carbocycles. The van der Waals surface area contributed by atoms with Gasteiger partial charge in [0.05, 0.1) is 21.2 Å². The van der Waals surface area contributed by atoms with Crippen molar-refractivity contribution in [3.05, 3.63) is 82.8 Å². The normalized spacial score (nSPS) is 11.2. The van der Waals surface area contributed by atoms with Gasteiger partial charge in [-0.2, -0.15) is 0 Å². The number of benzene rings is 2. The summed E-state index contributed by atoms with van der Waals surface area (Å²) in [5, 5.41) is 6.95. The Morgan fingerprint density at radius 3 is 2.43 bits per heavy atom. The molecule has 0 saturated carbocycles. The van der Waals surface area contributed by atoms with Crippen LogP contribution >= 0.6 is 22.7 Å². The van der Waals surface area contributed by atoms with Crippen LogP contribution in [0.25, 0.3) is 10.6 Å². The van der Waals surface area contributed by atoms with Crippen molar-refractivity contribution in [2.45, 2.75) is 4.90 Å². The number of anilines is 2. The predicted molar refractivity (Wildman–Crippen MR) is 117 cm³/mol. The van der Waals surface area contributed by atoms with Gasteiger partial charge in [-0.25, -0.2) is 17.8 Å². The molecule has 4 rings (SSSR count). The molecule has 0 fully saturated rings. The molecule has 0 aliphatic rings. The number of aromatic nitrogens is 1. The second-order valence-corrected chi connectivity index (χ2v) is 9.57. The average Bonchev–Trinajstić information content (AvgIpc) is 3.41. The number of thiazole rings is 1. The second kappa shape index (κ2) is 8.34. The minimum atomic E-state index is -3.99. The fraction of sp³-hybridized carbons (Fsp3) is 0. The minimum Gasteiger partial charge on any atom is -0.298 e. The van der Waals surface area contributed by atoms with E-state index in [2.05, 4.69) is 15.0 Å². The van der Waals surface area contributed by atoms with E-state index < -0.39 is 21.7 Å². The molecule has 1 amide bonds. The molecule has 30 heavy (non-hydrogen) atoms. The van der Waals surface area contributed by atoms with Crippen molar-refractivity contribution in [3.63, 3.8) is 0 Å². The largest absolute Gasteiger partial charge is 0.298 e. The summed E-state index contributed by atoms with van der Waals surface area (Å²) in [7, 11) is -3.99. The van der Waals surface area contributed by atoms with Gasteiger partial charge in [-0.15, -0.1) is 22.7 Å². The van der Waals surface area contributed by atoms with Gasteiger partial charge < -0.3 is 0 Å². The quantitative estimate of drug-likeness (QED) is 0.422. The maximum atomic E-state index is 13.7. The Balaban J connectivity index is 1.46. The molecular weight excluding hydrogens is 445 g/mol. The maximum Gasteiger partial charge on any atom is 0.261 e. The molecule has 0 radical (unpaired) electrons. The number of rotatable bonds is 6. The lowest BCUT2D eigenvalue weighted by atomic mass is 10.2. The Morgan fingerprint density at radius 1 is 0.967 bits per heavy atom. The van der Waals surface area contributed by atoms with Gasteiger partial charge in [-0.05, 0) is 47.8 Å². The van der Waals surface area contributed by atoms with Crippen LogP contribution in [0.2, 0.25) is 0 Å². The molecule has 4 aromatic rings. The van der Waals surface area contributed by atoms with E-state index in [9.17, 15) is 17.6 Å². The highest BCUT2D eigenvalue weighted by Crippen LogP contribution is 2.28. The summed E-state index contributed by atoms with van der Waals surface area (Å²) in [6.45, 7) is 0. The van der Waals surface area contributed by atoms with Crippen LogP contribution in [0, 0.1) is 5.82 Å². The lowest BCUT2D eigenvalue weighted by molar-refractivity contribution is 0.102. The van der Waals surface area contributed by atoms with Crippen LogP contribution < -0.4 is 10.0 Å². The van der Waals surface area contributed by atoms with Crippen molar-refractivity contribution < 1.29 is 17.6 Å². The van der Waals surface area contributed by atoms with E-state index in [1.807, 2.05) is 22.9 Å². The number of nitrogens with one attached hydrogen (secondary N) is 2. The van der Waals surface area contributed by atoms with Crippen molar-refractivity contribution in [3.8, 4) is 10.6 Å². The molecule has 6 nitrogen and oxygen atoms in total. The van der Waals surface area contributed by atoms with Gasteiger partial charge in [0.15, 0.2) is 5.13 Å². The van der Waals surface area contributed by atoms with Crippen molar-refractivity contribution in [1.82, 2.24) is 4.98 Å². The molecule has 0 aliphatic heterocycles. The molecular formula is C20H14FN3O3S3. The van der Waals surface area contributed by atoms with Crippen molar-refractivity contribution in [2.24, 2.45) is 0 Å². The smallest absolute Gasteiger partial charge is 0.261 e. The minimum absolute atomic E-state index is 0.0865. The summed E-state index contributed by atoms with van der Waals surface area (Å²) in [6, 6.07) is 14.7. The highest BCUT2D eigenvalue weighted by Gasteiger charge is 2.17. The predicted octanol–water partition coefficient (Wildman–Crippen LogP) is 5.06. The number of thiophene rings is 1. The molecule has 2 N–H and O–H groups in total. The standard InChI is InChI=1S/C20H14FN3O3S3/c21-15-4-1-2-5-16(15)24-30(26,27)14-9-7-13(8-10-14)19(25)23-20-22-17(12-29-20)18-6-3-11-28-18/h1-12,24H,(H,22,23,25). The summed E-state index contributed by atoms with van der Waals surface area (Å²) in [5.74, 6) is -1.09. The zero-order valence-corrected chi connectivity index (χ0v) is 17.7. The Kier molecular flexibility index (Phi) is 5.62. The molecule has 152 valence electrons. The van der Waals surface area contributed by atoms with Crippen LogP contribution in [0.4, 0.5) is 15.2 Å². The Labute approximate surface area is 180 Å². The number of halogens is 1. The van der Waals surface area contributed by atoms with Crippen LogP contribution in [-0.2, 0) is 10.0 Å². The molecule has 10 heteroatoms. The molecule has 2 aromatic heterocycles. The SMILES string of the molecule is O=C(Nc1nc(-c2cccs2)cs1)c1ccc(S(=O)(=O)Nc2ccccc2F)cc1. The first kappa shape index (κ1) is 20.2. The van der Waals surface area contributed by atoms with Crippen molar-refractivity contribution in [1.29, 1.82) is 0 Å². The first-order chi connectivity index (χ1) is 14.4. The van der Waals surface area contributed by atoms with Crippen molar-refractivity contribution >= 4 is 49.4 Å². The summed E-state index contributed by atoms with van der Waals surface area (Å²) in [4.78, 5) is 17.8. The van der Waals surface area contributed by atoms with Crippen LogP contribution in [0.5, 0.6) is 0 Å². The summed E-state index contributed by atoms with van der Waals surface area (Å²) < 4.78 is 40.8. The number of amides is 1. The molecule has 0 bridgehead atoms. The van der Waals surface area contributed by atoms with E-state index in [4.69, 9.17) is 0 Å². The molecule has 0 saturated heterocycles. The van der Waals surface area contributed by atoms with Crippen LogP contribution in [-0.4, -0.2) is 19.3 Å². The Bertz CT molecular complexity index is 1280. The number of hydrogen-bond acceptors (Lipinski definition) is 6. The summed E-state index contributed by atoms with van der Waals surface area (Å²) in [5.41, 5.74) is 0.906. The van der Waals surface area contributed by atoms with Gasteiger partial charge in [-0.3, -0.25) is 14.8 Å². The highest BCUT2D eigenvalue weighted by molar-refractivity contribution is 7.92. The molecule has 0 atom stereocenters. The zero-order valence-electron chi connectivity index (χ0n) is 15.2. The lowest BCUT2D eigenvalue weighted by Gasteiger charge is -2.09. The fourth-order valence-corrected chi connectivity index (χ4v) is 5.10. The zero-order chi connectivity index (χ0) is 21.1. The van der Waals surface area contributed by atoms with E-state index in [0.717, 1.165) is 16.6 Å². The lowest BCUT2D eigenvalue weighted by Crippen LogP contribution is -2.15. The molecule has 0 unspecified atom stereocenters. The first-order valence-corrected chi connectivity index (χ1v) is 11.8. The number of nitrogens with zero attached hydrogens (tertiary/aromatic N) is 1. The number of carbonyl (C=O) groups excluding carboxylic acids is 1. The van der Waals surface area contributed by atoms with Gasteiger partial charge in [0.25, 0.3) is 15.9 Å². The summed E-state index contributed by atoms with van der Waals surface area (Å²) in [6.07, 6.45) is 0. The monoisotopic (exact) mass is 459 g/mol. The third kappa shape index (κ3) is 4.40. The fourth-order valence-electron chi connectivity index (χ4n) is 2.57. The molecule has 2 heterocycles.